The standard InChI is InChI=1S/C19H20N2/c1-12-10-14(3)17(11-13(12)2)19(20)16-6-4-8-18-15(16)7-5-9-21-18/h4-11,19H,20H2,1-3H3. The first-order chi connectivity index (χ1) is 10.1. The van der Waals surface area contributed by atoms with Crippen molar-refractivity contribution in [2.75, 3.05) is 0 Å². The number of aromatic nitrogens is 1. The smallest absolute Gasteiger partial charge is 0.0705 e. The summed E-state index contributed by atoms with van der Waals surface area (Å²) in [5, 5.41) is 1.13. The molecule has 0 aliphatic heterocycles. The number of benzene rings is 2. The van der Waals surface area contributed by atoms with Crippen molar-refractivity contribution in [3.63, 3.8) is 0 Å². The summed E-state index contributed by atoms with van der Waals surface area (Å²) in [4.78, 5) is 4.42. The highest BCUT2D eigenvalue weighted by atomic mass is 14.7. The number of nitrogens with two attached hydrogens (primary N) is 1. The van der Waals surface area contributed by atoms with Gasteiger partial charge in [0, 0.05) is 11.6 Å². The number of pyridine rings is 1. The predicted molar refractivity (Wildman–Crippen MR) is 88.4 cm³/mol. The van der Waals surface area contributed by atoms with E-state index in [9.17, 15) is 0 Å². The third-order valence-corrected chi connectivity index (χ3v) is 4.23. The maximum Gasteiger partial charge on any atom is 0.0705 e. The maximum absolute atomic E-state index is 6.57. The fourth-order valence-electron chi connectivity index (χ4n) is 2.88. The van der Waals surface area contributed by atoms with Crippen LogP contribution in [0.1, 0.15) is 33.9 Å². The summed E-state index contributed by atoms with van der Waals surface area (Å²) in [5.41, 5.74) is 13.7. The Morgan fingerprint density at radius 3 is 2.43 bits per heavy atom. The number of nitrogens with zero attached hydrogens (tertiary/aromatic N) is 1. The zero-order valence-corrected chi connectivity index (χ0v) is 12.7. The molecule has 2 heteroatoms. The average Bonchev–Trinajstić information content (AvgIpc) is 2.49. The summed E-state index contributed by atoms with van der Waals surface area (Å²) < 4.78 is 0. The second-order valence-corrected chi connectivity index (χ2v) is 5.69. The Hall–Kier alpha value is -2.19. The lowest BCUT2D eigenvalue weighted by Gasteiger charge is -2.19. The molecule has 0 aliphatic rings. The summed E-state index contributed by atoms with van der Waals surface area (Å²) in [5.74, 6) is 0. The van der Waals surface area contributed by atoms with Crippen molar-refractivity contribution in [3.05, 3.63) is 76.5 Å². The van der Waals surface area contributed by atoms with Crippen molar-refractivity contribution in [2.45, 2.75) is 26.8 Å². The monoisotopic (exact) mass is 276 g/mol. The molecule has 1 atom stereocenters. The number of aryl methyl sites for hydroxylation is 3. The molecule has 0 bridgehead atoms. The van der Waals surface area contributed by atoms with Crippen LogP contribution in [0.2, 0.25) is 0 Å². The van der Waals surface area contributed by atoms with Crippen LogP contribution in [0.15, 0.2) is 48.7 Å². The minimum absolute atomic E-state index is 0.128. The zero-order valence-electron chi connectivity index (χ0n) is 12.7. The Morgan fingerprint density at radius 1 is 0.857 bits per heavy atom. The molecule has 0 fully saturated rings. The van der Waals surface area contributed by atoms with Gasteiger partial charge in [0.15, 0.2) is 0 Å². The molecule has 3 aromatic rings. The number of hydrogen-bond donors (Lipinski definition) is 1. The molecule has 0 saturated carbocycles. The van der Waals surface area contributed by atoms with Crippen LogP contribution in [0.5, 0.6) is 0 Å². The van der Waals surface area contributed by atoms with E-state index in [1.807, 2.05) is 24.4 Å². The molecule has 1 heterocycles. The largest absolute Gasteiger partial charge is 0.320 e. The maximum atomic E-state index is 6.57. The minimum atomic E-state index is -0.128. The minimum Gasteiger partial charge on any atom is -0.320 e. The Kier molecular flexibility index (Phi) is 3.48. The molecule has 106 valence electrons. The Balaban J connectivity index is 2.17. The van der Waals surface area contributed by atoms with Gasteiger partial charge >= 0.3 is 0 Å². The first-order valence-electron chi connectivity index (χ1n) is 7.25. The Morgan fingerprint density at radius 2 is 1.62 bits per heavy atom. The summed E-state index contributed by atoms with van der Waals surface area (Å²) in [7, 11) is 0. The molecule has 0 radical (unpaired) electrons. The van der Waals surface area contributed by atoms with E-state index in [0.717, 1.165) is 16.5 Å². The van der Waals surface area contributed by atoms with Gasteiger partial charge in [-0.25, -0.2) is 0 Å². The van der Waals surface area contributed by atoms with Crippen LogP contribution in [0, 0.1) is 20.8 Å². The van der Waals surface area contributed by atoms with E-state index in [1.165, 1.54) is 22.3 Å². The fourth-order valence-corrected chi connectivity index (χ4v) is 2.88. The van der Waals surface area contributed by atoms with E-state index in [2.05, 4.69) is 50.0 Å². The molecule has 0 spiro atoms. The lowest BCUT2D eigenvalue weighted by atomic mass is 9.90. The van der Waals surface area contributed by atoms with Gasteiger partial charge in [0.2, 0.25) is 0 Å². The van der Waals surface area contributed by atoms with Gasteiger partial charge in [-0.05, 0) is 60.7 Å². The molecule has 1 aromatic heterocycles. The van der Waals surface area contributed by atoms with Crippen LogP contribution in [0.3, 0.4) is 0 Å². The van der Waals surface area contributed by atoms with Crippen LogP contribution >= 0.6 is 0 Å². The van der Waals surface area contributed by atoms with E-state index in [-0.39, 0.29) is 6.04 Å². The van der Waals surface area contributed by atoms with Gasteiger partial charge in [-0.2, -0.15) is 0 Å². The molecule has 0 amide bonds. The third kappa shape index (κ3) is 2.43. The number of fused-ring (bicyclic) bond motifs is 1. The molecular formula is C19H20N2. The fraction of sp³-hybridized carbons (Fsp3) is 0.211. The summed E-state index contributed by atoms with van der Waals surface area (Å²) in [6.07, 6.45) is 1.82. The van der Waals surface area contributed by atoms with Crippen molar-refractivity contribution in [3.8, 4) is 0 Å². The van der Waals surface area contributed by atoms with Gasteiger partial charge in [-0.15, -0.1) is 0 Å². The zero-order chi connectivity index (χ0) is 15.0. The van der Waals surface area contributed by atoms with Gasteiger partial charge in [-0.3, -0.25) is 4.98 Å². The molecule has 2 aromatic carbocycles. The second-order valence-electron chi connectivity index (χ2n) is 5.69. The van der Waals surface area contributed by atoms with Gasteiger partial charge in [0.25, 0.3) is 0 Å². The average molecular weight is 276 g/mol. The van der Waals surface area contributed by atoms with Crippen LogP contribution in [-0.2, 0) is 0 Å². The quantitative estimate of drug-likeness (QED) is 0.761. The Labute approximate surface area is 125 Å². The van der Waals surface area contributed by atoms with Crippen LogP contribution < -0.4 is 5.73 Å². The molecule has 2 nitrogen and oxygen atoms in total. The van der Waals surface area contributed by atoms with Gasteiger partial charge in [0.05, 0.1) is 11.6 Å². The van der Waals surface area contributed by atoms with E-state index in [0.29, 0.717) is 0 Å². The van der Waals surface area contributed by atoms with Gasteiger partial charge in [-0.1, -0.05) is 30.3 Å². The van der Waals surface area contributed by atoms with E-state index in [1.54, 1.807) is 0 Å². The number of hydrogen-bond acceptors (Lipinski definition) is 2. The van der Waals surface area contributed by atoms with Crippen molar-refractivity contribution >= 4 is 10.9 Å². The van der Waals surface area contributed by atoms with Crippen LogP contribution in [-0.4, -0.2) is 4.98 Å². The summed E-state index contributed by atoms with van der Waals surface area (Å²) in [6.45, 7) is 6.40. The predicted octanol–water partition coefficient (Wildman–Crippen LogP) is 4.21. The highest BCUT2D eigenvalue weighted by Crippen LogP contribution is 2.29. The molecular weight excluding hydrogens is 256 g/mol. The first kappa shape index (κ1) is 13.8. The summed E-state index contributed by atoms with van der Waals surface area (Å²) in [6, 6.07) is 14.5. The lowest BCUT2D eigenvalue weighted by Crippen LogP contribution is -2.14. The lowest BCUT2D eigenvalue weighted by molar-refractivity contribution is 0.866. The van der Waals surface area contributed by atoms with Gasteiger partial charge in [0.1, 0.15) is 0 Å². The van der Waals surface area contributed by atoms with Crippen LogP contribution in [0.25, 0.3) is 10.9 Å². The van der Waals surface area contributed by atoms with E-state index < -0.39 is 0 Å². The molecule has 0 saturated heterocycles. The molecule has 2 N–H and O–H groups in total. The Bertz CT molecular complexity index is 801. The molecule has 1 unspecified atom stereocenters. The SMILES string of the molecule is Cc1cc(C)c(C(N)c2cccc3ncccc23)cc1C. The highest BCUT2D eigenvalue weighted by molar-refractivity contribution is 5.83. The molecule has 21 heavy (non-hydrogen) atoms. The van der Waals surface area contributed by atoms with Crippen molar-refractivity contribution in [2.24, 2.45) is 5.73 Å². The van der Waals surface area contributed by atoms with Crippen molar-refractivity contribution < 1.29 is 0 Å². The molecule has 3 rings (SSSR count). The highest BCUT2D eigenvalue weighted by Gasteiger charge is 2.15. The summed E-state index contributed by atoms with van der Waals surface area (Å²) >= 11 is 0. The normalized spacial score (nSPS) is 12.6. The van der Waals surface area contributed by atoms with Crippen LogP contribution in [0.4, 0.5) is 0 Å². The third-order valence-electron chi connectivity index (χ3n) is 4.23. The van der Waals surface area contributed by atoms with E-state index in [4.69, 9.17) is 5.73 Å². The van der Waals surface area contributed by atoms with E-state index >= 15 is 0 Å². The first-order valence-corrected chi connectivity index (χ1v) is 7.25. The van der Waals surface area contributed by atoms with Crippen molar-refractivity contribution in [1.29, 1.82) is 0 Å². The molecule has 0 aliphatic carbocycles. The van der Waals surface area contributed by atoms with Gasteiger partial charge < -0.3 is 5.73 Å². The number of rotatable bonds is 2. The second kappa shape index (κ2) is 5.30. The topological polar surface area (TPSA) is 38.9 Å². The van der Waals surface area contributed by atoms with Crippen molar-refractivity contribution in [1.82, 2.24) is 4.98 Å².